The molecule has 0 heterocycles. The smallest absolute Gasteiger partial charge is 0.396 e. The van der Waals surface area contributed by atoms with E-state index in [4.69, 9.17) is 4.74 Å². The van der Waals surface area contributed by atoms with Crippen LogP contribution in [0.1, 0.15) is 0 Å². The van der Waals surface area contributed by atoms with Crippen molar-refractivity contribution in [3.63, 3.8) is 0 Å². The Morgan fingerprint density at radius 3 is 2.56 bits per heavy atom. The van der Waals surface area contributed by atoms with Crippen LogP contribution in [-0.2, 0) is 14.3 Å². The molecule has 0 aliphatic heterocycles. The lowest BCUT2D eigenvalue weighted by Gasteiger charge is -2.07. The Morgan fingerprint density at radius 1 is 1.31 bits per heavy atom. The van der Waals surface area contributed by atoms with Crippen LogP contribution < -0.4 is 10.1 Å². The lowest BCUT2D eigenvalue weighted by molar-refractivity contribution is -0.150. The molecule has 1 aromatic rings. The zero-order valence-corrected chi connectivity index (χ0v) is 10.3. The van der Waals surface area contributed by atoms with Gasteiger partial charge in [-0.15, -0.1) is 0 Å². The minimum atomic E-state index is -0.949. The number of amides is 1. The second-order valence-electron chi connectivity index (χ2n) is 2.79. The van der Waals surface area contributed by atoms with Crippen molar-refractivity contribution in [3.05, 3.63) is 22.7 Å². The SMILES string of the molecule is COC(=O)C(=O)Nc1cc(OC)ccc1Br. The molecule has 0 aliphatic rings. The summed E-state index contributed by atoms with van der Waals surface area (Å²) < 4.78 is 9.92. The molecule has 0 radical (unpaired) electrons. The summed E-state index contributed by atoms with van der Waals surface area (Å²) in [7, 11) is 2.65. The van der Waals surface area contributed by atoms with Crippen molar-refractivity contribution in [2.24, 2.45) is 0 Å². The molecule has 0 atom stereocenters. The third-order valence-electron chi connectivity index (χ3n) is 1.79. The quantitative estimate of drug-likeness (QED) is 0.662. The van der Waals surface area contributed by atoms with Crippen molar-refractivity contribution in [1.82, 2.24) is 0 Å². The van der Waals surface area contributed by atoms with Gasteiger partial charge < -0.3 is 14.8 Å². The van der Waals surface area contributed by atoms with E-state index in [0.29, 0.717) is 15.9 Å². The molecule has 0 saturated heterocycles. The highest BCUT2D eigenvalue weighted by atomic mass is 79.9. The molecule has 16 heavy (non-hydrogen) atoms. The number of methoxy groups -OCH3 is 2. The minimum absolute atomic E-state index is 0.440. The van der Waals surface area contributed by atoms with Crippen LogP contribution in [0.15, 0.2) is 22.7 Å². The van der Waals surface area contributed by atoms with E-state index in [9.17, 15) is 9.59 Å². The predicted octanol–water partition coefficient (Wildman–Crippen LogP) is 1.57. The number of hydrogen-bond donors (Lipinski definition) is 1. The number of halogens is 1. The largest absolute Gasteiger partial charge is 0.497 e. The summed E-state index contributed by atoms with van der Waals surface area (Å²) in [5.41, 5.74) is 0.440. The highest BCUT2D eigenvalue weighted by Crippen LogP contribution is 2.26. The highest BCUT2D eigenvalue weighted by molar-refractivity contribution is 9.10. The van der Waals surface area contributed by atoms with Crippen LogP contribution in [-0.4, -0.2) is 26.1 Å². The van der Waals surface area contributed by atoms with Crippen molar-refractivity contribution in [1.29, 1.82) is 0 Å². The number of hydrogen-bond acceptors (Lipinski definition) is 4. The van der Waals surface area contributed by atoms with Gasteiger partial charge in [0.15, 0.2) is 0 Å². The fourth-order valence-corrected chi connectivity index (χ4v) is 1.34. The van der Waals surface area contributed by atoms with Gasteiger partial charge >= 0.3 is 11.9 Å². The van der Waals surface area contributed by atoms with E-state index in [1.165, 1.54) is 7.11 Å². The first-order chi connectivity index (χ1) is 7.58. The lowest BCUT2D eigenvalue weighted by atomic mass is 10.3. The summed E-state index contributed by atoms with van der Waals surface area (Å²) in [6, 6.07) is 5.01. The van der Waals surface area contributed by atoms with Crippen molar-refractivity contribution < 1.29 is 19.1 Å². The van der Waals surface area contributed by atoms with Gasteiger partial charge in [0.05, 0.1) is 19.9 Å². The molecule has 0 saturated carbocycles. The second kappa shape index (κ2) is 5.50. The number of ether oxygens (including phenoxy) is 2. The Balaban J connectivity index is 2.88. The Morgan fingerprint density at radius 2 is 2.00 bits per heavy atom. The topological polar surface area (TPSA) is 64.6 Å². The average Bonchev–Trinajstić information content (AvgIpc) is 2.30. The van der Waals surface area contributed by atoms with Gasteiger partial charge in [0, 0.05) is 10.5 Å². The summed E-state index contributed by atoms with van der Waals surface area (Å²) >= 11 is 3.24. The first-order valence-electron chi connectivity index (χ1n) is 4.31. The van der Waals surface area contributed by atoms with Gasteiger partial charge in [-0.05, 0) is 28.1 Å². The molecule has 0 bridgehead atoms. The van der Waals surface area contributed by atoms with E-state index in [0.717, 1.165) is 7.11 Å². The molecular weight excluding hydrogens is 278 g/mol. The zero-order valence-electron chi connectivity index (χ0n) is 8.74. The highest BCUT2D eigenvalue weighted by Gasteiger charge is 2.15. The standard InChI is InChI=1S/C10H10BrNO4/c1-15-6-3-4-7(11)8(5-6)12-9(13)10(14)16-2/h3-5H,1-2H3,(H,12,13). The first kappa shape index (κ1) is 12.5. The maximum atomic E-state index is 11.2. The van der Waals surface area contributed by atoms with Gasteiger partial charge in [0.2, 0.25) is 0 Å². The number of carbonyl (C=O) groups is 2. The molecule has 6 heteroatoms. The summed E-state index contributed by atoms with van der Waals surface area (Å²) in [5.74, 6) is -1.21. The number of anilines is 1. The average molecular weight is 288 g/mol. The maximum absolute atomic E-state index is 11.2. The van der Waals surface area contributed by atoms with Crippen LogP contribution in [0.5, 0.6) is 5.75 Å². The predicted molar refractivity (Wildman–Crippen MR) is 61.3 cm³/mol. The van der Waals surface area contributed by atoms with Crippen LogP contribution in [0.4, 0.5) is 5.69 Å². The van der Waals surface area contributed by atoms with Crippen LogP contribution in [0.25, 0.3) is 0 Å². The molecule has 1 N–H and O–H groups in total. The van der Waals surface area contributed by atoms with Gasteiger partial charge in [-0.3, -0.25) is 4.79 Å². The third kappa shape index (κ3) is 2.96. The molecule has 1 rings (SSSR count). The van der Waals surface area contributed by atoms with Gasteiger partial charge in [0.25, 0.3) is 0 Å². The zero-order chi connectivity index (χ0) is 12.1. The fraction of sp³-hybridized carbons (Fsp3) is 0.200. The minimum Gasteiger partial charge on any atom is -0.497 e. The monoisotopic (exact) mass is 287 g/mol. The Hall–Kier alpha value is -1.56. The van der Waals surface area contributed by atoms with E-state index in [-0.39, 0.29) is 0 Å². The summed E-state index contributed by atoms with van der Waals surface area (Å²) in [6.45, 7) is 0. The van der Waals surface area contributed by atoms with Gasteiger partial charge in [0.1, 0.15) is 5.75 Å². The van der Waals surface area contributed by atoms with Crippen molar-refractivity contribution in [3.8, 4) is 5.75 Å². The van der Waals surface area contributed by atoms with E-state index < -0.39 is 11.9 Å². The molecule has 1 aromatic carbocycles. The molecular formula is C10H10BrNO4. The van der Waals surface area contributed by atoms with Crippen LogP contribution in [0.2, 0.25) is 0 Å². The van der Waals surface area contributed by atoms with Crippen molar-refractivity contribution in [2.75, 3.05) is 19.5 Å². The summed E-state index contributed by atoms with van der Waals surface area (Å²) in [4.78, 5) is 22.1. The molecule has 0 fully saturated rings. The normalized spacial score (nSPS) is 9.44. The molecule has 0 aromatic heterocycles. The Bertz CT molecular complexity index is 419. The van der Waals surface area contributed by atoms with Crippen molar-refractivity contribution >= 4 is 33.5 Å². The number of benzene rings is 1. The summed E-state index contributed by atoms with van der Waals surface area (Å²) in [6.07, 6.45) is 0. The first-order valence-corrected chi connectivity index (χ1v) is 5.10. The molecule has 0 aliphatic carbocycles. The van der Waals surface area contributed by atoms with Crippen LogP contribution in [0, 0.1) is 0 Å². The van der Waals surface area contributed by atoms with Crippen molar-refractivity contribution in [2.45, 2.75) is 0 Å². The maximum Gasteiger partial charge on any atom is 0.396 e. The second-order valence-corrected chi connectivity index (χ2v) is 3.65. The number of rotatable bonds is 2. The van der Waals surface area contributed by atoms with E-state index in [1.54, 1.807) is 18.2 Å². The lowest BCUT2D eigenvalue weighted by Crippen LogP contribution is -2.24. The number of nitrogens with one attached hydrogen (secondary N) is 1. The van der Waals surface area contributed by atoms with E-state index >= 15 is 0 Å². The fourth-order valence-electron chi connectivity index (χ4n) is 0.993. The molecule has 86 valence electrons. The van der Waals surface area contributed by atoms with Crippen LogP contribution >= 0.6 is 15.9 Å². The van der Waals surface area contributed by atoms with Gasteiger partial charge in [-0.1, -0.05) is 0 Å². The van der Waals surface area contributed by atoms with E-state index in [2.05, 4.69) is 26.0 Å². The van der Waals surface area contributed by atoms with Gasteiger partial charge in [-0.2, -0.15) is 0 Å². The molecule has 0 spiro atoms. The Kier molecular flexibility index (Phi) is 4.30. The van der Waals surface area contributed by atoms with Crippen LogP contribution in [0.3, 0.4) is 0 Å². The third-order valence-corrected chi connectivity index (χ3v) is 2.48. The molecule has 1 amide bonds. The molecule has 0 unspecified atom stereocenters. The number of carbonyl (C=O) groups excluding carboxylic acids is 2. The molecule has 5 nitrogen and oxygen atoms in total. The number of esters is 1. The van der Waals surface area contributed by atoms with Gasteiger partial charge in [-0.25, -0.2) is 4.79 Å². The van der Waals surface area contributed by atoms with E-state index in [1.807, 2.05) is 0 Å². The Labute approximate surface area is 101 Å². The summed E-state index contributed by atoms with van der Waals surface area (Å²) in [5, 5.41) is 2.40.